The van der Waals surface area contributed by atoms with Crippen molar-refractivity contribution in [1.29, 1.82) is 0 Å². The van der Waals surface area contributed by atoms with Crippen molar-refractivity contribution in [2.75, 3.05) is 41.3 Å². The predicted octanol–water partition coefficient (Wildman–Crippen LogP) is 1.13. The number of ketones is 1. The summed E-state index contributed by atoms with van der Waals surface area (Å²) in [6.45, 7) is 1.84. The maximum absolute atomic E-state index is 11.9. The third kappa shape index (κ3) is 4.49. The highest BCUT2D eigenvalue weighted by atomic mass is 35.5. The van der Waals surface area contributed by atoms with E-state index in [1.807, 2.05) is 28.2 Å². The Labute approximate surface area is 99.2 Å². The smallest absolute Gasteiger partial charge is 0.141 e. The molecule has 0 N–H and O–H groups in total. The number of carbonyl (C=O) groups is 1. The summed E-state index contributed by atoms with van der Waals surface area (Å²) in [5.41, 5.74) is 0. The number of Topliss-reactive ketones (excluding diaryl/α,β-unsaturated/α-hetero) is 1. The van der Waals surface area contributed by atoms with Crippen molar-refractivity contribution in [3.8, 4) is 0 Å². The fraction of sp³-hybridized carbons (Fsp3) is 0.909. The van der Waals surface area contributed by atoms with E-state index in [0.717, 1.165) is 25.9 Å². The van der Waals surface area contributed by atoms with Gasteiger partial charge in [0.25, 0.3) is 0 Å². The van der Waals surface area contributed by atoms with Gasteiger partial charge >= 0.3 is 0 Å². The summed E-state index contributed by atoms with van der Waals surface area (Å²) < 4.78 is 0. The molecule has 0 aromatic rings. The lowest BCUT2D eigenvalue weighted by Crippen LogP contribution is -2.30. The van der Waals surface area contributed by atoms with E-state index in [-0.39, 0.29) is 24.2 Å². The first-order valence-corrected chi connectivity index (χ1v) is 5.34. The van der Waals surface area contributed by atoms with Gasteiger partial charge in [0.05, 0.1) is 0 Å². The van der Waals surface area contributed by atoms with Crippen LogP contribution in [-0.2, 0) is 4.79 Å². The fourth-order valence-corrected chi connectivity index (χ4v) is 2.26. The van der Waals surface area contributed by atoms with Gasteiger partial charge in [0, 0.05) is 24.9 Å². The van der Waals surface area contributed by atoms with Crippen LogP contribution in [0.3, 0.4) is 0 Å². The van der Waals surface area contributed by atoms with Crippen molar-refractivity contribution < 1.29 is 4.79 Å². The average Bonchev–Trinajstić information content (AvgIpc) is 2.34. The SMILES string of the molecule is CN(C)C[C@@H]1CC[C@@H](CN(C)C)C1=O.Cl. The molecule has 2 atom stereocenters. The lowest BCUT2D eigenvalue weighted by atomic mass is 10.0. The molecule has 1 aliphatic rings. The van der Waals surface area contributed by atoms with E-state index in [2.05, 4.69) is 9.80 Å². The van der Waals surface area contributed by atoms with Crippen molar-refractivity contribution in [3.63, 3.8) is 0 Å². The molecule has 0 unspecified atom stereocenters. The second-order valence-corrected chi connectivity index (χ2v) is 4.90. The predicted molar refractivity (Wildman–Crippen MR) is 65.6 cm³/mol. The molecule has 0 saturated heterocycles. The zero-order valence-corrected chi connectivity index (χ0v) is 11.0. The fourth-order valence-electron chi connectivity index (χ4n) is 2.26. The molecular formula is C11H23ClN2O. The molecule has 4 heteroatoms. The van der Waals surface area contributed by atoms with Crippen LogP contribution >= 0.6 is 12.4 Å². The maximum Gasteiger partial charge on any atom is 0.141 e. The van der Waals surface area contributed by atoms with Crippen molar-refractivity contribution in [1.82, 2.24) is 9.80 Å². The quantitative estimate of drug-likeness (QED) is 0.729. The largest absolute Gasteiger partial charge is 0.309 e. The standard InChI is InChI=1S/C11H22N2O.ClH/c1-12(2)7-9-5-6-10(11(9)14)8-13(3)4;/h9-10H,5-8H2,1-4H3;1H/t9-,10-;/m0./s1. The van der Waals surface area contributed by atoms with E-state index >= 15 is 0 Å². The highest BCUT2D eigenvalue weighted by molar-refractivity contribution is 5.86. The lowest BCUT2D eigenvalue weighted by Gasteiger charge is -2.17. The van der Waals surface area contributed by atoms with Crippen LogP contribution in [0.5, 0.6) is 0 Å². The van der Waals surface area contributed by atoms with E-state index in [0.29, 0.717) is 5.78 Å². The molecule has 0 aromatic carbocycles. The summed E-state index contributed by atoms with van der Waals surface area (Å²) in [4.78, 5) is 16.1. The highest BCUT2D eigenvalue weighted by Gasteiger charge is 2.34. The summed E-state index contributed by atoms with van der Waals surface area (Å²) in [6, 6.07) is 0. The zero-order chi connectivity index (χ0) is 10.7. The van der Waals surface area contributed by atoms with Crippen molar-refractivity contribution in [2.24, 2.45) is 11.8 Å². The Hall–Kier alpha value is -0.120. The number of rotatable bonds is 4. The summed E-state index contributed by atoms with van der Waals surface area (Å²) in [7, 11) is 8.14. The Morgan fingerprint density at radius 2 is 1.33 bits per heavy atom. The van der Waals surface area contributed by atoms with Crippen molar-refractivity contribution >= 4 is 18.2 Å². The summed E-state index contributed by atoms with van der Waals surface area (Å²) >= 11 is 0. The molecule has 0 aromatic heterocycles. The summed E-state index contributed by atoms with van der Waals surface area (Å²) in [5, 5.41) is 0. The van der Waals surface area contributed by atoms with Crippen LogP contribution < -0.4 is 0 Å². The second-order valence-electron chi connectivity index (χ2n) is 4.90. The molecule has 1 rings (SSSR count). The van der Waals surface area contributed by atoms with Gasteiger partial charge in [-0.2, -0.15) is 0 Å². The van der Waals surface area contributed by atoms with Gasteiger partial charge in [0.15, 0.2) is 0 Å². The summed E-state index contributed by atoms with van der Waals surface area (Å²) in [5.74, 6) is 1.05. The van der Waals surface area contributed by atoms with E-state index in [1.165, 1.54) is 0 Å². The minimum absolute atomic E-state index is 0. The van der Waals surface area contributed by atoms with E-state index in [1.54, 1.807) is 0 Å². The molecule has 90 valence electrons. The van der Waals surface area contributed by atoms with Gasteiger partial charge < -0.3 is 9.80 Å². The number of hydrogen-bond acceptors (Lipinski definition) is 3. The Morgan fingerprint density at radius 3 is 1.60 bits per heavy atom. The molecule has 15 heavy (non-hydrogen) atoms. The van der Waals surface area contributed by atoms with Crippen molar-refractivity contribution in [2.45, 2.75) is 12.8 Å². The molecule has 0 amide bonds. The normalized spacial score (nSPS) is 26.1. The minimum atomic E-state index is 0. The van der Waals surface area contributed by atoms with E-state index < -0.39 is 0 Å². The number of halogens is 1. The van der Waals surface area contributed by atoms with Crippen LogP contribution in [0.2, 0.25) is 0 Å². The Kier molecular flexibility index (Phi) is 6.41. The third-order valence-electron chi connectivity index (χ3n) is 2.84. The van der Waals surface area contributed by atoms with Crippen LogP contribution in [-0.4, -0.2) is 56.9 Å². The second kappa shape index (κ2) is 6.46. The first kappa shape index (κ1) is 14.9. The van der Waals surface area contributed by atoms with E-state index in [9.17, 15) is 4.79 Å². The van der Waals surface area contributed by atoms with Crippen LogP contribution in [0.15, 0.2) is 0 Å². The summed E-state index contributed by atoms with van der Waals surface area (Å²) in [6.07, 6.45) is 2.16. The molecule has 3 nitrogen and oxygen atoms in total. The molecule has 0 aliphatic heterocycles. The number of nitrogens with zero attached hydrogens (tertiary/aromatic N) is 2. The van der Waals surface area contributed by atoms with Gasteiger partial charge in [-0.15, -0.1) is 12.4 Å². The average molecular weight is 235 g/mol. The van der Waals surface area contributed by atoms with Gasteiger partial charge in [0.1, 0.15) is 5.78 Å². The molecule has 1 saturated carbocycles. The highest BCUT2D eigenvalue weighted by Crippen LogP contribution is 2.27. The maximum atomic E-state index is 11.9. The Bertz CT molecular complexity index is 187. The molecule has 0 radical (unpaired) electrons. The monoisotopic (exact) mass is 234 g/mol. The van der Waals surface area contributed by atoms with Gasteiger partial charge in [-0.1, -0.05) is 0 Å². The molecule has 1 aliphatic carbocycles. The van der Waals surface area contributed by atoms with Gasteiger partial charge in [-0.05, 0) is 41.0 Å². The van der Waals surface area contributed by atoms with Gasteiger partial charge in [-0.3, -0.25) is 4.79 Å². The van der Waals surface area contributed by atoms with Crippen molar-refractivity contribution in [3.05, 3.63) is 0 Å². The Balaban J connectivity index is 0.00000196. The van der Waals surface area contributed by atoms with Crippen LogP contribution in [0, 0.1) is 11.8 Å². The lowest BCUT2D eigenvalue weighted by molar-refractivity contribution is -0.124. The van der Waals surface area contributed by atoms with Crippen LogP contribution in [0.1, 0.15) is 12.8 Å². The third-order valence-corrected chi connectivity index (χ3v) is 2.84. The van der Waals surface area contributed by atoms with Gasteiger partial charge in [-0.25, -0.2) is 0 Å². The van der Waals surface area contributed by atoms with Crippen LogP contribution in [0.25, 0.3) is 0 Å². The molecule has 0 spiro atoms. The van der Waals surface area contributed by atoms with Crippen LogP contribution in [0.4, 0.5) is 0 Å². The topological polar surface area (TPSA) is 23.6 Å². The molecule has 1 fully saturated rings. The molecule has 0 bridgehead atoms. The first-order valence-electron chi connectivity index (χ1n) is 5.34. The number of carbonyl (C=O) groups excluding carboxylic acids is 1. The first-order chi connectivity index (χ1) is 6.50. The molecule has 0 heterocycles. The molecular weight excluding hydrogens is 212 g/mol. The Morgan fingerprint density at radius 1 is 1.00 bits per heavy atom. The number of hydrogen-bond donors (Lipinski definition) is 0. The zero-order valence-electron chi connectivity index (χ0n) is 10.2. The van der Waals surface area contributed by atoms with Gasteiger partial charge in [0.2, 0.25) is 0 Å². The minimum Gasteiger partial charge on any atom is -0.309 e. The van der Waals surface area contributed by atoms with E-state index in [4.69, 9.17) is 0 Å².